The van der Waals surface area contributed by atoms with Crippen LogP contribution in [0.3, 0.4) is 0 Å². The van der Waals surface area contributed by atoms with Crippen LogP contribution in [0.25, 0.3) is 10.9 Å². The molecule has 0 bridgehead atoms. The van der Waals surface area contributed by atoms with Gasteiger partial charge in [0.05, 0.1) is 10.0 Å². The van der Waals surface area contributed by atoms with Crippen LogP contribution in [0.5, 0.6) is 0 Å². The van der Waals surface area contributed by atoms with Gasteiger partial charge in [0.25, 0.3) is 0 Å². The molecule has 0 aliphatic heterocycles. The zero-order valence-electron chi connectivity index (χ0n) is 10.5. The van der Waals surface area contributed by atoms with Crippen molar-refractivity contribution in [3.05, 3.63) is 64.3 Å². The van der Waals surface area contributed by atoms with Gasteiger partial charge in [0.1, 0.15) is 0 Å². The van der Waals surface area contributed by atoms with Crippen LogP contribution in [0.2, 0.25) is 10.0 Å². The van der Waals surface area contributed by atoms with E-state index in [1.54, 1.807) is 6.07 Å². The predicted molar refractivity (Wildman–Crippen MR) is 89.3 cm³/mol. The average molecular weight is 328 g/mol. The molecule has 20 heavy (non-hydrogen) atoms. The van der Waals surface area contributed by atoms with E-state index in [0.717, 1.165) is 17.7 Å². The van der Waals surface area contributed by atoms with Crippen molar-refractivity contribution < 1.29 is 0 Å². The van der Waals surface area contributed by atoms with Crippen LogP contribution in [0.4, 0.5) is 5.69 Å². The highest BCUT2D eigenvalue weighted by Crippen LogP contribution is 2.25. The number of aromatic nitrogens is 1. The van der Waals surface area contributed by atoms with Crippen molar-refractivity contribution in [2.45, 2.75) is 6.54 Å². The number of H-pyrrole nitrogens is 1. The standard InChI is InChI=1S/C15H12Cl2N2.ClH/c16-13-3-2-12(8-14(13)17)19-9-10-1-4-15-11(7-10)5-6-18-15;/h1-8,18-19H,9H2;1H. The molecule has 2 nitrogen and oxygen atoms in total. The summed E-state index contributed by atoms with van der Waals surface area (Å²) in [4.78, 5) is 3.18. The monoisotopic (exact) mass is 326 g/mol. The second-order valence-corrected chi connectivity index (χ2v) is 5.20. The number of hydrogen-bond donors (Lipinski definition) is 2. The third kappa shape index (κ3) is 3.21. The van der Waals surface area contributed by atoms with E-state index in [1.807, 2.05) is 18.3 Å². The van der Waals surface area contributed by atoms with E-state index >= 15 is 0 Å². The molecule has 0 saturated carbocycles. The van der Waals surface area contributed by atoms with Gasteiger partial charge in [-0.05, 0) is 47.3 Å². The summed E-state index contributed by atoms with van der Waals surface area (Å²) in [5.41, 5.74) is 3.33. The molecule has 104 valence electrons. The molecular formula is C15H13Cl3N2. The lowest BCUT2D eigenvalue weighted by atomic mass is 10.1. The number of fused-ring (bicyclic) bond motifs is 1. The minimum absolute atomic E-state index is 0. The largest absolute Gasteiger partial charge is 0.381 e. The van der Waals surface area contributed by atoms with Crippen LogP contribution >= 0.6 is 35.6 Å². The number of halogens is 3. The van der Waals surface area contributed by atoms with Crippen molar-refractivity contribution in [2.75, 3.05) is 5.32 Å². The molecule has 0 spiro atoms. The van der Waals surface area contributed by atoms with Gasteiger partial charge in [-0.1, -0.05) is 29.3 Å². The quantitative estimate of drug-likeness (QED) is 0.652. The summed E-state index contributed by atoms with van der Waals surface area (Å²) >= 11 is 11.9. The molecule has 0 aliphatic carbocycles. The topological polar surface area (TPSA) is 27.8 Å². The number of aromatic amines is 1. The highest BCUT2D eigenvalue weighted by molar-refractivity contribution is 6.42. The Morgan fingerprint density at radius 2 is 1.80 bits per heavy atom. The summed E-state index contributed by atoms with van der Waals surface area (Å²) in [6, 6.07) is 14.0. The molecule has 0 aliphatic rings. The first-order chi connectivity index (χ1) is 9.22. The second kappa shape index (κ2) is 6.40. The summed E-state index contributed by atoms with van der Waals surface area (Å²) in [6.07, 6.45) is 1.95. The third-order valence-electron chi connectivity index (χ3n) is 3.03. The molecule has 3 rings (SSSR count). The Bertz CT molecular complexity index is 722. The smallest absolute Gasteiger partial charge is 0.0612 e. The van der Waals surface area contributed by atoms with E-state index < -0.39 is 0 Å². The molecule has 0 atom stereocenters. The highest BCUT2D eigenvalue weighted by atomic mass is 35.5. The van der Waals surface area contributed by atoms with Crippen LogP contribution in [0, 0.1) is 0 Å². The fourth-order valence-corrected chi connectivity index (χ4v) is 2.32. The van der Waals surface area contributed by atoms with Gasteiger partial charge in [-0.2, -0.15) is 0 Å². The number of anilines is 1. The SMILES string of the molecule is Cl.Clc1ccc(NCc2ccc3[nH]ccc3c2)cc1Cl. The van der Waals surface area contributed by atoms with E-state index in [4.69, 9.17) is 23.2 Å². The molecule has 0 amide bonds. The van der Waals surface area contributed by atoms with Crippen LogP contribution in [-0.2, 0) is 6.54 Å². The zero-order chi connectivity index (χ0) is 13.2. The molecular weight excluding hydrogens is 315 g/mol. The summed E-state index contributed by atoms with van der Waals surface area (Å²) < 4.78 is 0. The second-order valence-electron chi connectivity index (χ2n) is 4.38. The third-order valence-corrected chi connectivity index (χ3v) is 3.77. The lowest BCUT2D eigenvalue weighted by molar-refractivity contribution is 1.15. The molecule has 0 radical (unpaired) electrons. The minimum atomic E-state index is 0. The van der Waals surface area contributed by atoms with E-state index in [0.29, 0.717) is 10.0 Å². The van der Waals surface area contributed by atoms with Gasteiger partial charge in [0.2, 0.25) is 0 Å². The molecule has 0 saturated heterocycles. The number of benzene rings is 2. The molecule has 1 aromatic heterocycles. The number of hydrogen-bond acceptors (Lipinski definition) is 1. The maximum Gasteiger partial charge on any atom is 0.0612 e. The van der Waals surface area contributed by atoms with Gasteiger partial charge < -0.3 is 10.3 Å². The normalized spacial score (nSPS) is 10.3. The first-order valence-electron chi connectivity index (χ1n) is 5.97. The molecule has 1 heterocycles. The van der Waals surface area contributed by atoms with E-state index in [1.165, 1.54) is 10.9 Å². The zero-order valence-corrected chi connectivity index (χ0v) is 12.8. The van der Waals surface area contributed by atoms with Crippen molar-refractivity contribution in [3.8, 4) is 0 Å². The summed E-state index contributed by atoms with van der Waals surface area (Å²) in [5.74, 6) is 0. The number of nitrogens with one attached hydrogen (secondary N) is 2. The van der Waals surface area contributed by atoms with Crippen LogP contribution in [-0.4, -0.2) is 4.98 Å². The van der Waals surface area contributed by atoms with E-state index in [-0.39, 0.29) is 12.4 Å². The molecule has 0 fully saturated rings. The Morgan fingerprint density at radius 3 is 2.60 bits per heavy atom. The summed E-state index contributed by atoms with van der Waals surface area (Å²) in [7, 11) is 0. The van der Waals surface area contributed by atoms with Crippen LogP contribution in [0.1, 0.15) is 5.56 Å². The highest BCUT2D eigenvalue weighted by Gasteiger charge is 2.00. The Labute approximate surface area is 133 Å². The van der Waals surface area contributed by atoms with Gasteiger partial charge in [-0.25, -0.2) is 0 Å². The van der Waals surface area contributed by atoms with Crippen molar-refractivity contribution in [3.63, 3.8) is 0 Å². The Morgan fingerprint density at radius 1 is 0.950 bits per heavy atom. The Balaban J connectivity index is 0.00000147. The maximum atomic E-state index is 5.98. The molecule has 5 heteroatoms. The lowest BCUT2D eigenvalue weighted by Gasteiger charge is -2.08. The van der Waals surface area contributed by atoms with Gasteiger partial charge in [0, 0.05) is 23.9 Å². The number of rotatable bonds is 3. The van der Waals surface area contributed by atoms with Crippen molar-refractivity contribution in [1.82, 2.24) is 4.98 Å². The van der Waals surface area contributed by atoms with Gasteiger partial charge in [-0.15, -0.1) is 12.4 Å². The molecule has 3 aromatic rings. The first kappa shape index (κ1) is 15.0. The Kier molecular flexibility index (Phi) is 4.81. The summed E-state index contributed by atoms with van der Waals surface area (Å²) in [6.45, 7) is 0.749. The average Bonchev–Trinajstić information content (AvgIpc) is 2.87. The molecule has 2 N–H and O–H groups in total. The van der Waals surface area contributed by atoms with E-state index in [2.05, 4.69) is 34.6 Å². The Hall–Kier alpha value is -1.35. The molecule has 0 unspecified atom stereocenters. The maximum absolute atomic E-state index is 5.98. The van der Waals surface area contributed by atoms with Gasteiger partial charge in [0.15, 0.2) is 0 Å². The fraction of sp³-hybridized carbons (Fsp3) is 0.0667. The van der Waals surface area contributed by atoms with Crippen LogP contribution in [0.15, 0.2) is 48.7 Å². The summed E-state index contributed by atoms with van der Waals surface area (Å²) in [5, 5.41) is 5.68. The minimum Gasteiger partial charge on any atom is -0.381 e. The van der Waals surface area contributed by atoms with Crippen LogP contribution < -0.4 is 5.32 Å². The van der Waals surface area contributed by atoms with Crippen molar-refractivity contribution in [2.24, 2.45) is 0 Å². The van der Waals surface area contributed by atoms with Crippen molar-refractivity contribution in [1.29, 1.82) is 0 Å². The first-order valence-corrected chi connectivity index (χ1v) is 6.73. The van der Waals surface area contributed by atoms with Gasteiger partial charge in [-0.3, -0.25) is 0 Å². The lowest BCUT2D eigenvalue weighted by Crippen LogP contribution is -1.99. The van der Waals surface area contributed by atoms with Gasteiger partial charge >= 0.3 is 0 Å². The fourth-order valence-electron chi connectivity index (χ4n) is 2.02. The van der Waals surface area contributed by atoms with E-state index in [9.17, 15) is 0 Å². The van der Waals surface area contributed by atoms with Crippen molar-refractivity contribution >= 4 is 52.2 Å². The molecule has 2 aromatic carbocycles. The predicted octanol–water partition coefficient (Wildman–Crippen LogP) is 5.51.